The van der Waals surface area contributed by atoms with E-state index in [4.69, 9.17) is 5.73 Å². The molecule has 0 saturated heterocycles. The molecule has 0 bridgehead atoms. The van der Waals surface area contributed by atoms with Gasteiger partial charge in [0.05, 0.1) is 5.54 Å². The largest absolute Gasteiger partial charge is 0.318 e. The van der Waals surface area contributed by atoms with Crippen LogP contribution in [0.5, 0.6) is 0 Å². The molecule has 0 aromatic heterocycles. The van der Waals surface area contributed by atoms with Crippen molar-refractivity contribution in [3.8, 4) is 0 Å². The van der Waals surface area contributed by atoms with E-state index >= 15 is 0 Å². The van der Waals surface area contributed by atoms with Crippen molar-refractivity contribution in [3.05, 3.63) is 71.3 Å². The Labute approximate surface area is 109 Å². The van der Waals surface area contributed by atoms with Crippen LogP contribution in [0, 0.1) is 0 Å². The van der Waals surface area contributed by atoms with Gasteiger partial charge in [0.2, 0.25) is 0 Å². The quantitative estimate of drug-likeness (QED) is 0.802. The van der Waals surface area contributed by atoms with E-state index in [1.165, 1.54) is 16.7 Å². The highest BCUT2D eigenvalue weighted by atomic mass is 14.8. The van der Waals surface area contributed by atoms with Crippen LogP contribution in [0.3, 0.4) is 0 Å². The summed E-state index contributed by atoms with van der Waals surface area (Å²) in [7, 11) is 0. The second kappa shape index (κ2) is 4.25. The van der Waals surface area contributed by atoms with E-state index in [9.17, 15) is 0 Å². The molecule has 0 radical (unpaired) electrons. The summed E-state index contributed by atoms with van der Waals surface area (Å²) in [6.07, 6.45) is 2.18. The normalized spacial score (nSPS) is 26.7. The fourth-order valence-electron chi connectivity index (χ4n) is 3.10. The topological polar surface area (TPSA) is 26.0 Å². The third-order valence-electron chi connectivity index (χ3n) is 4.23. The summed E-state index contributed by atoms with van der Waals surface area (Å²) in [5, 5.41) is 0. The Balaban J connectivity index is 2.17. The smallest absolute Gasteiger partial charge is 0.0668 e. The molecule has 0 amide bonds. The van der Waals surface area contributed by atoms with Crippen molar-refractivity contribution in [1.82, 2.24) is 0 Å². The number of hydrogen-bond acceptors (Lipinski definition) is 1. The summed E-state index contributed by atoms with van der Waals surface area (Å²) < 4.78 is 0. The van der Waals surface area contributed by atoms with Crippen LogP contribution in [-0.4, -0.2) is 0 Å². The molecule has 0 saturated carbocycles. The first-order valence-corrected chi connectivity index (χ1v) is 6.65. The Kier molecular flexibility index (Phi) is 2.71. The first-order chi connectivity index (χ1) is 8.72. The van der Waals surface area contributed by atoms with Gasteiger partial charge in [-0.05, 0) is 35.4 Å². The van der Waals surface area contributed by atoms with Crippen LogP contribution in [0.15, 0.2) is 54.6 Å². The standard InChI is InChI=1S/C17H19N/c1-13-11-12-17(18,14-7-3-2-4-8-14)16-10-6-5-9-15(13)16/h2-10,13H,11-12,18H2,1H3. The highest BCUT2D eigenvalue weighted by Crippen LogP contribution is 2.43. The predicted molar refractivity (Wildman–Crippen MR) is 75.5 cm³/mol. The van der Waals surface area contributed by atoms with Crippen molar-refractivity contribution in [2.24, 2.45) is 5.73 Å². The molecule has 2 aromatic carbocycles. The van der Waals surface area contributed by atoms with E-state index in [0.29, 0.717) is 5.92 Å². The second-order valence-corrected chi connectivity index (χ2v) is 5.36. The van der Waals surface area contributed by atoms with Crippen LogP contribution in [0.1, 0.15) is 42.4 Å². The fraction of sp³-hybridized carbons (Fsp3) is 0.294. The van der Waals surface area contributed by atoms with Gasteiger partial charge in [0.15, 0.2) is 0 Å². The molecule has 2 atom stereocenters. The van der Waals surface area contributed by atoms with E-state index in [0.717, 1.165) is 12.8 Å². The summed E-state index contributed by atoms with van der Waals surface area (Å²) in [6.45, 7) is 2.30. The summed E-state index contributed by atoms with van der Waals surface area (Å²) >= 11 is 0. The Morgan fingerprint density at radius 3 is 2.44 bits per heavy atom. The zero-order valence-electron chi connectivity index (χ0n) is 10.8. The van der Waals surface area contributed by atoms with Crippen LogP contribution < -0.4 is 5.73 Å². The molecule has 18 heavy (non-hydrogen) atoms. The molecule has 2 unspecified atom stereocenters. The zero-order valence-corrected chi connectivity index (χ0v) is 10.8. The van der Waals surface area contributed by atoms with E-state index in [-0.39, 0.29) is 5.54 Å². The van der Waals surface area contributed by atoms with Gasteiger partial charge < -0.3 is 5.73 Å². The SMILES string of the molecule is CC1CCC(N)(c2ccccc2)c2ccccc21. The molecule has 2 N–H and O–H groups in total. The van der Waals surface area contributed by atoms with Gasteiger partial charge in [-0.3, -0.25) is 0 Å². The van der Waals surface area contributed by atoms with Gasteiger partial charge in [-0.15, -0.1) is 0 Å². The van der Waals surface area contributed by atoms with E-state index < -0.39 is 0 Å². The molecule has 2 aromatic rings. The Hall–Kier alpha value is -1.60. The molecular weight excluding hydrogens is 218 g/mol. The molecule has 1 heteroatoms. The van der Waals surface area contributed by atoms with Crippen LogP contribution in [0.2, 0.25) is 0 Å². The first-order valence-electron chi connectivity index (χ1n) is 6.65. The molecule has 3 rings (SSSR count). The number of nitrogens with two attached hydrogens (primary N) is 1. The molecule has 0 aliphatic heterocycles. The molecule has 0 fully saturated rings. The van der Waals surface area contributed by atoms with Crippen molar-refractivity contribution >= 4 is 0 Å². The maximum absolute atomic E-state index is 6.75. The summed E-state index contributed by atoms with van der Waals surface area (Å²) in [5.74, 6) is 0.613. The van der Waals surface area contributed by atoms with Crippen molar-refractivity contribution in [2.75, 3.05) is 0 Å². The van der Waals surface area contributed by atoms with Crippen LogP contribution >= 0.6 is 0 Å². The van der Waals surface area contributed by atoms with Crippen molar-refractivity contribution in [2.45, 2.75) is 31.2 Å². The lowest BCUT2D eigenvalue weighted by Crippen LogP contribution is -2.41. The minimum absolute atomic E-state index is 0.315. The lowest BCUT2D eigenvalue weighted by Gasteiger charge is -2.39. The Morgan fingerprint density at radius 2 is 1.67 bits per heavy atom. The fourth-order valence-corrected chi connectivity index (χ4v) is 3.10. The average molecular weight is 237 g/mol. The zero-order chi connectivity index (χ0) is 12.6. The maximum atomic E-state index is 6.75. The molecular formula is C17H19N. The van der Waals surface area contributed by atoms with Gasteiger partial charge in [-0.2, -0.15) is 0 Å². The minimum atomic E-state index is -0.315. The van der Waals surface area contributed by atoms with Gasteiger partial charge in [-0.25, -0.2) is 0 Å². The number of rotatable bonds is 1. The van der Waals surface area contributed by atoms with Crippen LogP contribution in [0.25, 0.3) is 0 Å². The summed E-state index contributed by atoms with van der Waals surface area (Å²) in [4.78, 5) is 0. The molecule has 1 nitrogen and oxygen atoms in total. The molecule has 92 valence electrons. The predicted octanol–water partition coefficient (Wildman–Crippen LogP) is 3.79. The van der Waals surface area contributed by atoms with Crippen molar-refractivity contribution < 1.29 is 0 Å². The molecule has 0 spiro atoms. The molecule has 1 aliphatic carbocycles. The van der Waals surface area contributed by atoms with Gasteiger partial charge >= 0.3 is 0 Å². The third-order valence-corrected chi connectivity index (χ3v) is 4.23. The summed E-state index contributed by atoms with van der Waals surface area (Å²) in [6, 6.07) is 19.1. The molecule has 1 aliphatic rings. The van der Waals surface area contributed by atoms with Crippen LogP contribution in [-0.2, 0) is 5.54 Å². The van der Waals surface area contributed by atoms with Crippen molar-refractivity contribution in [3.63, 3.8) is 0 Å². The van der Waals surface area contributed by atoms with E-state index in [1.54, 1.807) is 0 Å². The van der Waals surface area contributed by atoms with E-state index in [2.05, 4.69) is 55.5 Å². The Bertz CT molecular complexity index is 547. The van der Waals surface area contributed by atoms with Gasteiger partial charge in [0.1, 0.15) is 0 Å². The van der Waals surface area contributed by atoms with Gasteiger partial charge in [0.25, 0.3) is 0 Å². The average Bonchev–Trinajstić information content (AvgIpc) is 2.44. The highest BCUT2D eigenvalue weighted by Gasteiger charge is 2.36. The first kappa shape index (κ1) is 11.5. The minimum Gasteiger partial charge on any atom is -0.318 e. The van der Waals surface area contributed by atoms with Crippen molar-refractivity contribution in [1.29, 1.82) is 0 Å². The van der Waals surface area contributed by atoms with Gasteiger partial charge in [-0.1, -0.05) is 61.5 Å². The number of fused-ring (bicyclic) bond motifs is 1. The van der Waals surface area contributed by atoms with Crippen LogP contribution in [0.4, 0.5) is 0 Å². The monoisotopic (exact) mass is 237 g/mol. The van der Waals surface area contributed by atoms with Gasteiger partial charge in [0, 0.05) is 0 Å². The lowest BCUT2D eigenvalue weighted by atomic mass is 9.70. The third kappa shape index (κ3) is 1.67. The number of benzene rings is 2. The molecule has 0 heterocycles. The Morgan fingerprint density at radius 1 is 1.00 bits per heavy atom. The van der Waals surface area contributed by atoms with E-state index in [1.807, 2.05) is 6.07 Å². The highest BCUT2D eigenvalue weighted by molar-refractivity contribution is 5.45. The number of hydrogen-bond donors (Lipinski definition) is 1. The lowest BCUT2D eigenvalue weighted by molar-refractivity contribution is 0.412. The second-order valence-electron chi connectivity index (χ2n) is 5.36. The summed E-state index contributed by atoms with van der Waals surface area (Å²) in [5.41, 5.74) is 10.4. The maximum Gasteiger partial charge on any atom is 0.0668 e.